The van der Waals surface area contributed by atoms with Gasteiger partial charge in [0.05, 0.1) is 0 Å². The van der Waals surface area contributed by atoms with Crippen LogP contribution < -0.4 is 0 Å². The van der Waals surface area contributed by atoms with Crippen LogP contribution in [0.2, 0.25) is 0 Å². The number of benzene rings is 1. The van der Waals surface area contributed by atoms with Crippen LogP contribution in [0.4, 0.5) is 8.78 Å². The van der Waals surface area contributed by atoms with Crippen molar-refractivity contribution in [3.8, 4) is 11.1 Å². The highest BCUT2D eigenvalue weighted by molar-refractivity contribution is 5.65. The molecule has 0 amide bonds. The lowest BCUT2D eigenvalue weighted by Crippen LogP contribution is -1.99. The van der Waals surface area contributed by atoms with Crippen LogP contribution in [0.5, 0.6) is 0 Å². The van der Waals surface area contributed by atoms with Crippen LogP contribution >= 0.6 is 0 Å². The van der Waals surface area contributed by atoms with Gasteiger partial charge < -0.3 is 0 Å². The molecule has 3 heteroatoms. The first-order chi connectivity index (χ1) is 16.1. The molecule has 1 aromatic carbocycles. The number of aromatic nitrogens is 1. The molecule has 1 nitrogen and oxygen atoms in total. The summed E-state index contributed by atoms with van der Waals surface area (Å²) in [5.41, 5.74) is 3.76. The number of hydrogen-bond donors (Lipinski definition) is 0. The van der Waals surface area contributed by atoms with Crippen molar-refractivity contribution < 1.29 is 8.78 Å². The number of pyridine rings is 1. The summed E-state index contributed by atoms with van der Waals surface area (Å²) in [6, 6.07) is 7.22. The molecule has 0 saturated heterocycles. The molecular formula is C30H43F2N. The maximum Gasteiger partial charge on any atom is 0.220 e. The molecule has 1 heterocycles. The fourth-order valence-corrected chi connectivity index (χ4v) is 5.26. The van der Waals surface area contributed by atoms with Gasteiger partial charge in [-0.3, -0.25) is 0 Å². The van der Waals surface area contributed by atoms with E-state index in [9.17, 15) is 8.78 Å². The molecular weight excluding hydrogens is 412 g/mol. The first-order valence-corrected chi connectivity index (χ1v) is 13.6. The van der Waals surface area contributed by atoms with Crippen LogP contribution in [0.1, 0.15) is 114 Å². The minimum absolute atomic E-state index is 0.177. The molecule has 0 N–H and O–H groups in total. The third-order valence-electron chi connectivity index (χ3n) is 7.26. The Balaban J connectivity index is 1.54. The summed E-state index contributed by atoms with van der Waals surface area (Å²) >= 11 is 0. The van der Waals surface area contributed by atoms with E-state index in [4.69, 9.17) is 0 Å². The molecule has 0 radical (unpaired) electrons. The summed E-state index contributed by atoms with van der Waals surface area (Å²) < 4.78 is 29.7. The van der Waals surface area contributed by atoms with E-state index in [1.54, 1.807) is 6.07 Å². The molecule has 0 aliphatic heterocycles. The number of hydrogen-bond acceptors (Lipinski definition) is 1. The summed E-state index contributed by atoms with van der Waals surface area (Å²) in [6.45, 7) is 4.46. The van der Waals surface area contributed by atoms with Crippen LogP contribution in [0, 0.1) is 17.7 Å². The molecule has 182 valence electrons. The Morgan fingerprint density at radius 3 is 2.15 bits per heavy atom. The Hall–Kier alpha value is -1.77. The molecule has 0 bridgehead atoms. The third kappa shape index (κ3) is 7.90. The van der Waals surface area contributed by atoms with Gasteiger partial charge >= 0.3 is 0 Å². The second-order valence-electron chi connectivity index (χ2n) is 10.1. The van der Waals surface area contributed by atoms with Gasteiger partial charge in [-0.05, 0) is 72.9 Å². The minimum Gasteiger partial charge on any atom is -0.224 e. The molecule has 1 aromatic heterocycles. The fraction of sp³-hybridized carbons (Fsp3) is 0.633. The summed E-state index contributed by atoms with van der Waals surface area (Å²) in [6.07, 6.45) is 18.7. The number of fused-ring (bicyclic) bond motifs is 1. The predicted molar refractivity (Wildman–Crippen MR) is 136 cm³/mol. The number of halogens is 2. The second kappa shape index (κ2) is 13.8. The molecule has 1 unspecified atom stereocenters. The lowest BCUT2D eigenvalue weighted by Gasteiger charge is -2.09. The van der Waals surface area contributed by atoms with Gasteiger partial charge in [0.2, 0.25) is 5.95 Å². The van der Waals surface area contributed by atoms with Crippen molar-refractivity contribution in [1.29, 1.82) is 0 Å². The highest BCUT2D eigenvalue weighted by Gasteiger charge is 2.25. The van der Waals surface area contributed by atoms with Gasteiger partial charge in [0.1, 0.15) is 5.82 Å². The van der Waals surface area contributed by atoms with Crippen molar-refractivity contribution >= 4 is 0 Å². The van der Waals surface area contributed by atoms with Gasteiger partial charge in [0.15, 0.2) is 0 Å². The van der Waals surface area contributed by atoms with E-state index in [2.05, 4.69) is 18.8 Å². The Bertz CT molecular complexity index is 861. The first-order valence-electron chi connectivity index (χ1n) is 13.6. The monoisotopic (exact) mass is 455 g/mol. The zero-order valence-electron chi connectivity index (χ0n) is 20.9. The molecule has 1 aliphatic rings. The quantitative estimate of drug-likeness (QED) is 0.192. The fourth-order valence-electron chi connectivity index (χ4n) is 5.26. The van der Waals surface area contributed by atoms with Crippen molar-refractivity contribution in [2.45, 2.75) is 117 Å². The highest BCUT2D eigenvalue weighted by atomic mass is 19.1. The van der Waals surface area contributed by atoms with E-state index in [1.807, 2.05) is 12.1 Å². The van der Waals surface area contributed by atoms with Gasteiger partial charge in [-0.15, -0.1) is 0 Å². The van der Waals surface area contributed by atoms with Gasteiger partial charge in [-0.2, -0.15) is 4.39 Å². The smallest absolute Gasteiger partial charge is 0.220 e. The van der Waals surface area contributed by atoms with E-state index >= 15 is 0 Å². The molecule has 3 rings (SSSR count). The largest absolute Gasteiger partial charge is 0.224 e. The Morgan fingerprint density at radius 2 is 1.45 bits per heavy atom. The van der Waals surface area contributed by atoms with E-state index < -0.39 is 5.95 Å². The summed E-state index contributed by atoms with van der Waals surface area (Å²) in [4.78, 5) is 4.20. The summed E-state index contributed by atoms with van der Waals surface area (Å²) in [5, 5.41) is 0. The zero-order chi connectivity index (χ0) is 23.5. The zero-order valence-corrected chi connectivity index (χ0v) is 20.9. The van der Waals surface area contributed by atoms with E-state index in [-0.39, 0.29) is 5.82 Å². The molecule has 1 atom stereocenters. The Kier molecular flexibility index (Phi) is 10.8. The number of aryl methyl sites for hydroxylation is 1. The second-order valence-corrected chi connectivity index (χ2v) is 10.1. The topological polar surface area (TPSA) is 12.9 Å². The average molecular weight is 456 g/mol. The van der Waals surface area contributed by atoms with Crippen molar-refractivity contribution in [1.82, 2.24) is 4.98 Å². The van der Waals surface area contributed by atoms with Crippen molar-refractivity contribution in [3.63, 3.8) is 0 Å². The Morgan fingerprint density at radius 1 is 0.788 bits per heavy atom. The molecule has 0 fully saturated rings. The van der Waals surface area contributed by atoms with Gasteiger partial charge in [0, 0.05) is 11.3 Å². The van der Waals surface area contributed by atoms with Crippen LogP contribution in [-0.2, 0) is 19.3 Å². The van der Waals surface area contributed by atoms with E-state index in [0.29, 0.717) is 17.0 Å². The van der Waals surface area contributed by atoms with E-state index in [1.165, 1.54) is 83.1 Å². The first kappa shape index (κ1) is 25.8. The molecule has 2 aromatic rings. The van der Waals surface area contributed by atoms with Crippen LogP contribution in [-0.4, -0.2) is 4.98 Å². The maximum atomic E-state index is 14.9. The summed E-state index contributed by atoms with van der Waals surface area (Å²) in [5.74, 6) is -0.124. The van der Waals surface area contributed by atoms with Crippen molar-refractivity contribution in [2.24, 2.45) is 5.92 Å². The van der Waals surface area contributed by atoms with Crippen molar-refractivity contribution in [2.75, 3.05) is 0 Å². The van der Waals surface area contributed by atoms with Gasteiger partial charge in [-0.25, -0.2) is 9.37 Å². The highest BCUT2D eigenvalue weighted by Crippen LogP contribution is 2.36. The number of rotatable bonds is 15. The number of unbranched alkanes of at least 4 members (excludes halogenated alkanes) is 10. The van der Waals surface area contributed by atoms with Crippen LogP contribution in [0.3, 0.4) is 0 Å². The van der Waals surface area contributed by atoms with E-state index in [0.717, 1.165) is 42.5 Å². The van der Waals surface area contributed by atoms with Crippen LogP contribution in [0.25, 0.3) is 11.1 Å². The minimum atomic E-state index is -0.473. The standard InChI is InChI=1S/C30H43F2N/c1-3-5-7-9-11-13-15-23-19-24-21-25(22-29(31)28(24)20-23)27-18-17-26(33-30(27)32)16-14-12-10-8-6-4-2/h17-18,21-23H,3-16,19-20H2,1-2H3. The van der Waals surface area contributed by atoms with Crippen LogP contribution in [0.15, 0.2) is 24.3 Å². The molecule has 1 aliphatic carbocycles. The SMILES string of the molecule is CCCCCCCCc1ccc(-c2cc(F)c3c(c2)CC(CCCCCCCC)C3)c(F)n1. The Labute approximate surface area is 200 Å². The lowest BCUT2D eigenvalue weighted by atomic mass is 9.97. The average Bonchev–Trinajstić information content (AvgIpc) is 3.22. The molecule has 0 saturated carbocycles. The third-order valence-corrected chi connectivity index (χ3v) is 7.26. The van der Waals surface area contributed by atoms with Gasteiger partial charge in [-0.1, -0.05) is 90.5 Å². The predicted octanol–water partition coefficient (Wildman–Crippen LogP) is 9.40. The molecule has 0 spiro atoms. The summed E-state index contributed by atoms with van der Waals surface area (Å²) in [7, 11) is 0. The number of nitrogens with zero attached hydrogens (tertiary/aromatic N) is 1. The van der Waals surface area contributed by atoms with Gasteiger partial charge in [0.25, 0.3) is 0 Å². The maximum absolute atomic E-state index is 14.9. The normalized spacial score (nSPS) is 15.2. The van der Waals surface area contributed by atoms with Crippen molar-refractivity contribution in [3.05, 3.63) is 52.9 Å². The lowest BCUT2D eigenvalue weighted by molar-refractivity contribution is 0.466. The molecule has 33 heavy (non-hydrogen) atoms.